The number of carboxylic acid groups (broad SMARTS) is 1. The number of carbonyl (C=O) groups is 2. The lowest BCUT2D eigenvalue weighted by molar-refractivity contribution is -0.156. The molecule has 0 spiro atoms. The lowest BCUT2D eigenvalue weighted by Gasteiger charge is -2.23. The Bertz CT molecular complexity index is 635. The van der Waals surface area contributed by atoms with Crippen molar-refractivity contribution in [3.05, 3.63) is 29.6 Å². The first kappa shape index (κ1) is 15.7. The number of benzene rings is 1. The number of amides is 1. The number of carboxylic acids is 1. The normalized spacial score (nSPS) is 27.0. The fourth-order valence-corrected chi connectivity index (χ4v) is 3.04. The van der Waals surface area contributed by atoms with E-state index in [1.807, 2.05) is 0 Å². The van der Waals surface area contributed by atoms with Crippen LogP contribution in [0.3, 0.4) is 0 Å². The van der Waals surface area contributed by atoms with Crippen molar-refractivity contribution in [2.24, 2.45) is 5.92 Å². The van der Waals surface area contributed by atoms with E-state index in [9.17, 15) is 14.0 Å². The summed E-state index contributed by atoms with van der Waals surface area (Å²) in [6.07, 6.45) is -1.44. The average Bonchev–Trinajstić information content (AvgIpc) is 2.77. The summed E-state index contributed by atoms with van der Waals surface area (Å²) in [4.78, 5) is 25.2. The van der Waals surface area contributed by atoms with E-state index in [4.69, 9.17) is 14.6 Å². The van der Waals surface area contributed by atoms with E-state index in [0.29, 0.717) is 24.3 Å². The molecule has 3 atom stereocenters. The molecule has 0 radical (unpaired) electrons. The van der Waals surface area contributed by atoms with Gasteiger partial charge in [0.2, 0.25) is 0 Å². The van der Waals surface area contributed by atoms with Gasteiger partial charge in [-0.3, -0.25) is 4.79 Å². The Morgan fingerprint density at radius 1 is 1.39 bits per heavy atom. The van der Waals surface area contributed by atoms with Crippen LogP contribution in [0.2, 0.25) is 0 Å². The Balaban J connectivity index is 1.76. The molecule has 23 heavy (non-hydrogen) atoms. The number of nitrogens with zero attached hydrogens (tertiary/aromatic N) is 1. The molecule has 124 valence electrons. The Morgan fingerprint density at radius 2 is 2.17 bits per heavy atom. The van der Waals surface area contributed by atoms with Crippen LogP contribution in [0.15, 0.2) is 18.2 Å². The van der Waals surface area contributed by atoms with E-state index in [1.54, 1.807) is 19.1 Å². The second-order valence-corrected chi connectivity index (χ2v) is 5.92. The second kappa shape index (κ2) is 6.16. The highest BCUT2D eigenvalue weighted by molar-refractivity contribution is 5.83. The fraction of sp³-hybridized carbons (Fsp3) is 0.500. The largest absolute Gasteiger partial charge is 0.491 e. The van der Waals surface area contributed by atoms with E-state index < -0.39 is 24.0 Å². The lowest BCUT2D eigenvalue weighted by Crippen LogP contribution is -2.40. The van der Waals surface area contributed by atoms with Gasteiger partial charge in [0.1, 0.15) is 24.3 Å². The third-order valence-electron chi connectivity index (χ3n) is 4.29. The molecule has 6 nitrogen and oxygen atoms in total. The highest BCUT2D eigenvalue weighted by atomic mass is 19.1. The Hall–Kier alpha value is -2.15. The Morgan fingerprint density at radius 3 is 2.87 bits per heavy atom. The van der Waals surface area contributed by atoms with Gasteiger partial charge in [-0.15, -0.1) is 0 Å². The van der Waals surface area contributed by atoms with E-state index in [2.05, 4.69) is 0 Å². The number of rotatable bonds is 2. The minimum Gasteiger partial charge on any atom is -0.491 e. The van der Waals surface area contributed by atoms with E-state index in [-0.39, 0.29) is 25.0 Å². The third-order valence-corrected chi connectivity index (χ3v) is 4.29. The maximum atomic E-state index is 14.0. The zero-order valence-corrected chi connectivity index (χ0v) is 12.7. The van der Waals surface area contributed by atoms with Crippen LogP contribution in [0.5, 0.6) is 5.75 Å². The molecule has 1 aromatic carbocycles. The fourth-order valence-electron chi connectivity index (χ4n) is 3.04. The van der Waals surface area contributed by atoms with Crippen molar-refractivity contribution >= 4 is 11.9 Å². The highest BCUT2D eigenvalue weighted by Gasteiger charge is 2.42. The van der Waals surface area contributed by atoms with Crippen LogP contribution in [0.25, 0.3) is 0 Å². The van der Waals surface area contributed by atoms with Gasteiger partial charge in [-0.25, -0.2) is 9.18 Å². The molecule has 0 bridgehead atoms. The van der Waals surface area contributed by atoms with Gasteiger partial charge in [0.05, 0.1) is 13.1 Å². The van der Waals surface area contributed by atoms with Crippen molar-refractivity contribution in [1.29, 1.82) is 0 Å². The van der Waals surface area contributed by atoms with E-state index in [1.165, 1.54) is 11.0 Å². The summed E-state index contributed by atoms with van der Waals surface area (Å²) < 4.78 is 24.8. The van der Waals surface area contributed by atoms with Crippen LogP contribution in [-0.4, -0.2) is 47.2 Å². The van der Waals surface area contributed by atoms with E-state index >= 15 is 0 Å². The molecule has 1 saturated heterocycles. The minimum atomic E-state index is -1.07. The van der Waals surface area contributed by atoms with Gasteiger partial charge in [0.15, 0.2) is 6.10 Å². The molecule has 0 aliphatic carbocycles. The SMILES string of the molecule is C[C@@H]1C[C@H](C(=O)N2CCOc3cccc(F)c3C2)O[C@H]1C(=O)O. The van der Waals surface area contributed by atoms with Gasteiger partial charge in [0, 0.05) is 5.56 Å². The molecular weight excluding hydrogens is 305 g/mol. The van der Waals surface area contributed by atoms with Crippen molar-refractivity contribution in [2.45, 2.75) is 32.1 Å². The van der Waals surface area contributed by atoms with Gasteiger partial charge >= 0.3 is 5.97 Å². The van der Waals surface area contributed by atoms with Crippen LogP contribution in [0.4, 0.5) is 4.39 Å². The van der Waals surface area contributed by atoms with Crippen LogP contribution < -0.4 is 4.74 Å². The molecule has 1 aromatic rings. The molecule has 0 aromatic heterocycles. The molecule has 3 rings (SSSR count). The Kier molecular flexibility index (Phi) is 4.21. The summed E-state index contributed by atoms with van der Waals surface area (Å²) in [6.45, 7) is 2.39. The van der Waals surface area contributed by atoms with Gasteiger partial charge < -0.3 is 19.5 Å². The molecule has 1 fully saturated rings. The lowest BCUT2D eigenvalue weighted by atomic mass is 10.0. The summed E-state index contributed by atoms with van der Waals surface area (Å²) in [5.41, 5.74) is 0.333. The molecule has 2 heterocycles. The molecule has 2 aliphatic rings. The maximum Gasteiger partial charge on any atom is 0.333 e. The summed E-state index contributed by atoms with van der Waals surface area (Å²) in [5.74, 6) is -1.62. The van der Waals surface area contributed by atoms with Crippen molar-refractivity contribution in [3.63, 3.8) is 0 Å². The number of aliphatic carboxylic acids is 1. The standard InChI is InChI=1S/C16H18FNO5/c1-9-7-13(23-14(9)16(20)21)15(19)18-5-6-22-12-4-2-3-11(17)10(12)8-18/h2-4,9,13-14H,5-8H2,1H3,(H,20,21)/t9-,13-,14-/m1/s1. The van der Waals surface area contributed by atoms with Crippen LogP contribution >= 0.6 is 0 Å². The van der Waals surface area contributed by atoms with Gasteiger partial charge in [0.25, 0.3) is 5.91 Å². The molecule has 1 N–H and O–H groups in total. The summed E-state index contributed by atoms with van der Waals surface area (Å²) in [7, 11) is 0. The molecular formula is C16H18FNO5. The number of halogens is 1. The molecule has 1 amide bonds. The first-order valence-electron chi connectivity index (χ1n) is 7.54. The number of carbonyl (C=O) groups excluding carboxylic acids is 1. The second-order valence-electron chi connectivity index (χ2n) is 5.92. The van der Waals surface area contributed by atoms with E-state index in [0.717, 1.165) is 0 Å². The molecule has 0 unspecified atom stereocenters. The smallest absolute Gasteiger partial charge is 0.333 e. The van der Waals surface area contributed by atoms with Gasteiger partial charge in [-0.1, -0.05) is 13.0 Å². The molecule has 0 saturated carbocycles. The first-order valence-corrected chi connectivity index (χ1v) is 7.54. The topological polar surface area (TPSA) is 76.1 Å². The minimum absolute atomic E-state index is 0.0901. The van der Waals surface area contributed by atoms with Crippen LogP contribution in [0.1, 0.15) is 18.9 Å². The third kappa shape index (κ3) is 3.01. The van der Waals surface area contributed by atoms with Crippen molar-refractivity contribution in [3.8, 4) is 5.75 Å². The maximum absolute atomic E-state index is 14.0. The van der Waals surface area contributed by atoms with Crippen LogP contribution in [0, 0.1) is 11.7 Å². The molecule has 2 aliphatic heterocycles. The highest BCUT2D eigenvalue weighted by Crippen LogP contribution is 2.30. The monoisotopic (exact) mass is 323 g/mol. The summed E-state index contributed by atoms with van der Waals surface area (Å²) >= 11 is 0. The number of ether oxygens (including phenoxy) is 2. The van der Waals surface area contributed by atoms with Crippen molar-refractivity contribution < 1.29 is 28.6 Å². The number of fused-ring (bicyclic) bond motifs is 1. The average molecular weight is 323 g/mol. The number of hydrogen-bond acceptors (Lipinski definition) is 4. The molecule has 7 heteroatoms. The van der Waals surface area contributed by atoms with Crippen molar-refractivity contribution in [2.75, 3.05) is 13.2 Å². The zero-order chi connectivity index (χ0) is 16.6. The predicted octanol–water partition coefficient (Wildman–Crippen LogP) is 1.42. The summed E-state index contributed by atoms with van der Waals surface area (Å²) in [5, 5.41) is 9.09. The predicted molar refractivity (Wildman–Crippen MR) is 77.4 cm³/mol. The van der Waals surface area contributed by atoms with Crippen LogP contribution in [-0.2, 0) is 20.9 Å². The first-order chi connectivity index (χ1) is 11.0. The zero-order valence-electron chi connectivity index (χ0n) is 12.7. The Labute approximate surface area is 132 Å². The van der Waals surface area contributed by atoms with Gasteiger partial charge in [-0.2, -0.15) is 0 Å². The van der Waals surface area contributed by atoms with Gasteiger partial charge in [-0.05, 0) is 24.5 Å². The van der Waals surface area contributed by atoms with Crippen molar-refractivity contribution in [1.82, 2.24) is 4.90 Å². The summed E-state index contributed by atoms with van der Waals surface area (Å²) in [6, 6.07) is 4.55. The quantitative estimate of drug-likeness (QED) is 0.891. The number of hydrogen-bond donors (Lipinski definition) is 1.